The van der Waals surface area contributed by atoms with Crippen LogP contribution in [-0.4, -0.2) is 28.6 Å². The van der Waals surface area contributed by atoms with Crippen molar-refractivity contribution in [1.29, 1.82) is 0 Å². The highest BCUT2D eigenvalue weighted by Crippen LogP contribution is 2.36. The summed E-state index contributed by atoms with van der Waals surface area (Å²) in [4.78, 5) is 39.2. The van der Waals surface area contributed by atoms with Gasteiger partial charge in [0.2, 0.25) is 0 Å². The standard InChI is InChI=1S/C26H18Cl2FNO5S/c1-2-34-22-11-15(3-10-21(22)35-25(32)16-5-8-19(29)9-6-16)12-23-24(31)30(26(33)36-23)14-17-4-7-18(27)13-20(17)28/h3-13H,2,14H2,1H3/b23-12-. The maximum absolute atomic E-state index is 13.1. The SMILES string of the molecule is CCOc1cc(/C=C2\SC(=O)N(Cc3ccc(Cl)cc3Cl)C2=O)ccc1OC(=O)c1ccc(F)cc1. The molecule has 0 unspecified atom stereocenters. The van der Waals surface area contributed by atoms with Crippen LogP contribution in [0.1, 0.15) is 28.4 Å². The maximum atomic E-state index is 13.1. The Labute approximate surface area is 220 Å². The molecule has 3 aromatic rings. The number of ether oxygens (including phenoxy) is 2. The molecule has 1 aliphatic rings. The molecule has 0 saturated carbocycles. The van der Waals surface area contributed by atoms with E-state index in [4.69, 9.17) is 32.7 Å². The zero-order valence-electron chi connectivity index (χ0n) is 18.8. The Balaban J connectivity index is 1.54. The smallest absolute Gasteiger partial charge is 0.343 e. The van der Waals surface area contributed by atoms with Crippen molar-refractivity contribution in [3.05, 3.63) is 98.1 Å². The fourth-order valence-electron chi connectivity index (χ4n) is 3.32. The molecule has 184 valence electrons. The molecule has 0 atom stereocenters. The largest absolute Gasteiger partial charge is 0.490 e. The van der Waals surface area contributed by atoms with Crippen molar-refractivity contribution in [3.8, 4) is 11.5 Å². The summed E-state index contributed by atoms with van der Waals surface area (Å²) in [5.41, 5.74) is 1.34. The van der Waals surface area contributed by atoms with Gasteiger partial charge in [0.25, 0.3) is 11.1 Å². The predicted octanol–water partition coefficient (Wildman–Crippen LogP) is 6.99. The number of hydrogen-bond donors (Lipinski definition) is 0. The lowest BCUT2D eigenvalue weighted by Gasteiger charge is -2.14. The predicted molar refractivity (Wildman–Crippen MR) is 137 cm³/mol. The van der Waals surface area contributed by atoms with Crippen LogP contribution in [-0.2, 0) is 11.3 Å². The summed E-state index contributed by atoms with van der Waals surface area (Å²) in [5.74, 6) is -1.17. The van der Waals surface area contributed by atoms with Crippen LogP contribution in [0.3, 0.4) is 0 Å². The van der Waals surface area contributed by atoms with E-state index in [1.54, 1.807) is 43.3 Å². The molecule has 36 heavy (non-hydrogen) atoms. The summed E-state index contributed by atoms with van der Waals surface area (Å²) in [6.45, 7) is 2.08. The van der Waals surface area contributed by atoms with Crippen molar-refractivity contribution in [1.82, 2.24) is 4.90 Å². The van der Waals surface area contributed by atoms with Gasteiger partial charge in [-0.05, 0) is 84.4 Å². The number of hydrogen-bond acceptors (Lipinski definition) is 6. The van der Waals surface area contributed by atoms with Gasteiger partial charge < -0.3 is 9.47 Å². The molecule has 0 aliphatic carbocycles. The molecule has 0 aromatic heterocycles. The molecule has 1 heterocycles. The van der Waals surface area contributed by atoms with Gasteiger partial charge in [-0.25, -0.2) is 9.18 Å². The van der Waals surface area contributed by atoms with Crippen molar-refractivity contribution >= 4 is 58.2 Å². The molecule has 0 N–H and O–H groups in total. The van der Waals surface area contributed by atoms with Gasteiger partial charge in [0, 0.05) is 10.0 Å². The number of thioether (sulfide) groups is 1. The number of benzene rings is 3. The third-order valence-corrected chi connectivity index (χ3v) is 6.56. The Hall–Kier alpha value is -3.33. The number of amides is 2. The van der Waals surface area contributed by atoms with Crippen molar-refractivity contribution in [2.24, 2.45) is 0 Å². The minimum atomic E-state index is -0.675. The van der Waals surface area contributed by atoms with Crippen molar-refractivity contribution in [2.75, 3.05) is 6.61 Å². The van der Waals surface area contributed by atoms with Gasteiger partial charge in [0.15, 0.2) is 11.5 Å². The number of carbonyl (C=O) groups excluding carboxylic acids is 3. The molecular weight excluding hydrogens is 528 g/mol. The highest BCUT2D eigenvalue weighted by molar-refractivity contribution is 8.18. The third-order valence-electron chi connectivity index (χ3n) is 5.07. The van der Waals surface area contributed by atoms with Crippen LogP contribution in [0.5, 0.6) is 11.5 Å². The summed E-state index contributed by atoms with van der Waals surface area (Å²) in [5, 5.41) is 0.388. The summed E-state index contributed by atoms with van der Waals surface area (Å²) in [6.07, 6.45) is 1.56. The van der Waals surface area contributed by atoms with Gasteiger partial charge in [0.05, 0.1) is 23.6 Å². The molecule has 1 fully saturated rings. The van der Waals surface area contributed by atoms with Gasteiger partial charge in [-0.15, -0.1) is 0 Å². The van der Waals surface area contributed by atoms with Gasteiger partial charge >= 0.3 is 5.97 Å². The Morgan fingerprint density at radius 3 is 2.47 bits per heavy atom. The van der Waals surface area contributed by atoms with Crippen LogP contribution in [0.15, 0.2) is 65.6 Å². The summed E-state index contributed by atoms with van der Waals surface area (Å²) in [6, 6.07) is 14.6. The molecular formula is C26H18Cl2FNO5S. The fourth-order valence-corrected chi connectivity index (χ4v) is 4.63. The first-order valence-corrected chi connectivity index (χ1v) is 12.3. The van der Waals surface area contributed by atoms with Crippen LogP contribution < -0.4 is 9.47 Å². The fraction of sp³-hybridized carbons (Fsp3) is 0.115. The van der Waals surface area contributed by atoms with Gasteiger partial charge in [0.1, 0.15) is 5.82 Å². The lowest BCUT2D eigenvalue weighted by atomic mass is 10.1. The minimum absolute atomic E-state index is 0.0144. The number of nitrogens with zero attached hydrogens (tertiary/aromatic N) is 1. The van der Waals surface area contributed by atoms with E-state index in [-0.39, 0.29) is 28.5 Å². The minimum Gasteiger partial charge on any atom is -0.490 e. The summed E-state index contributed by atoms with van der Waals surface area (Å²) >= 11 is 12.9. The van der Waals surface area contributed by atoms with Crippen LogP contribution >= 0.6 is 35.0 Å². The molecule has 3 aromatic carbocycles. The van der Waals surface area contributed by atoms with E-state index in [9.17, 15) is 18.8 Å². The third kappa shape index (κ3) is 5.90. The Bertz CT molecular complexity index is 1380. The number of carbonyl (C=O) groups is 3. The number of halogens is 3. The van der Waals surface area contributed by atoms with Gasteiger partial charge in [-0.1, -0.05) is 35.3 Å². The Morgan fingerprint density at radius 1 is 1.03 bits per heavy atom. The molecule has 0 spiro atoms. The summed E-state index contributed by atoms with van der Waals surface area (Å²) < 4.78 is 24.2. The first-order chi connectivity index (χ1) is 17.2. The first-order valence-electron chi connectivity index (χ1n) is 10.7. The lowest BCUT2D eigenvalue weighted by molar-refractivity contribution is -0.123. The molecule has 10 heteroatoms. The number of rotatable bonds is 7. The van der Waals surface area contributed by atoms with Crippen LogP contribution in [0.25, 0.3) is 6.08 Å². The van der Waals surface area contributed by atoms with Crippen molar-refractivity contribution in [2.45, 2.75) is 13.5 Å². The maximum Gasteiger partial charge on any atom is 0.343 e. The zero-order valence-corrected chi connectivity index (χ0v) is 21.1. The van der Waals surface area contributed by atoms with Crippen molar-refractivity contribution < 1.29 is 28.2 Å². The van der Waals surface area contributed by atoms with Crippen LogP contribution in [0.2, 0.25) is 10.0 Å². The van der Waals surface area contributed by atoms with E-state index in [1.165, 1.54) is 18.2 Å². The lowest BCUT2D eigenvalue weighted by Crippen LogP contribution is -2.27. The second-order valence-corrected chi connectivity index (χ2v) is 9.38. The van der Waals surface area contributed by atoms with E-state index in [0.29, 0.717) is 27.8 Å². The quantitative estimate of drug-likeness (QED) is 0.181. The number of imide groups is 1. The Morgan fingerprint density at radius 2 is 1.78 bits per heavy atom. The van der Waals surface area contributed by atoms with E-state index >= 15 is 0 Å². The zero-order chi connectivity index (χ0) is 25.8. The monoisotopic (exact) mass is 545 g/mol. The van der Waals surface area contributed by atoms with E-state index in [2.05, 4.69) is 0 Å². The molecule has 1 saturated heterocycles. The average Bonchev–Trinajstić information content (AvgIpc) is 3.10. The van der Waals surface area contributed by atoms with Gasteiger partial charge in [-0.3, -0.25) is 14.5 Å². The van der Waals surface area contributed by atoms with Crippen LogP contribution in [0, 0.1) is 5.82 Å². The van der Waals surface area contributed by atoms with Crippen LogP contribution in [0.4, 0.5) is 9.18 Å². The molecule has 0 bridgehead atoms. The molecule has 2 amide bonds. The van der Waals surface area contributed by atoms with E-state index < -0.39 is 22.9 Å². The normalized spacial score (nSPS) is 14.4. The van der Waals surface area contributed by atoms with Crippen molar-refractivity contribution in [3.63, 3.8) is 0 Å². The highest BCUT2D eigenvalue weighted by Gasteiger charge is 2.35. The topological polar surface area (TPSA) is 72.9 Å². The average molecular weight is 546 g/mol. The van der Waals surface area contributed by atoms with E-state index in [1.807, 2.05) is 0 Å². The summed E-state index contributed by atoms with van der Waals surface area (Å²) in [7, 11) is 0. The molecule has 0 radical (unpaired) electrons. The second-order valence-electron chi connectivity index (χ2n) is 7.54. The molecule has 4 rings (SSSR count). The Kier molecular flexibility index (Phi) is 7.98. The molecule has 1 aliphatic heterocycles. The number of esters is 1. The second kappa shape index (κ2) is 11.2. The molecule has 6 nitrogen and oxygen atoms in total. The van der Waals surface area contributed by atoms with Gasteiger partial charge in [-0.2, -0.15) is 0 Å². The first kappa shape index (κ1) is 25.8. The van der Waals surface area contributed by atoms with E-state index in [0.717, 1.165) is 28.8 Å². The highest BCUT2D eigenvalue weighted by atomic mass is 35.5.